The first-order valence-corrected chi connectivity index (χ1v) is 7.73. The van der Waals surface area contributed by atoms with Crippen molar-refractivity contribution in [1.82, 2.24) is 9.88 Å². The van der Waals surface area contributed by atoms with Crippen molar-refractivity contribution in [3.8, 4) is 0 Å². The van der Waals surface area contributed by atoms with E-state index in [-0.39, 0.29) is 17.7 Å². The maximum absolute atomic E-state index is 13.3. The van der Waals surface area contributed by atoms with Crippen LogP contribution in [0.4, 0.5) is 8.78 Å². The molecular weight excluding hydrogens is 306 g/mol. The third-order valence-electron chi connectivity index (χ3n) is 3.97. The summed E-state index contributed by atoms with van der Waals surface area (Å²) in [6.07, 6.45) is 3.54. The SMILES string of the molecule is CN(Cc1ccc(F)cc1)C(c1ccc(F)cc1)c1cccnc1. The molecule has 0 aliphatic carbocycles. The highest BCUT2D eigenvalue weighted by Gasteiger charge is 2.20. The van der Waals surface area contributed by atoms with Gasteiger partial charge in [-0.3, -0.25) is 9.88 Å². The standard InChI is InChI=1S/C20H18F2N2/c1-24(14-15-4-8-18(21)9-5-15)20(17-3-2-12-23-13-17)16-6-10-19(22)11-7-16/h2-13,20H,14H2,1H3. The molecule has 3 aromatic rings. The fraction of sp³-hybridized carbons (Fsp3) is 0.150. The molecule has 1 unspecified atom stereocenters. The molecule has 1 atom stereocenters. The van der Waals surface area contributed by atoms with Gasteiger partial charge in [0.15, 0.2) is 0 Å². The molecule has 1 heterocycles. The van der Waals surface area contributed by atoms with Crippen molar-refractivity contribution >= 4 is 0 Å². The van der Waals surface area contributed by atoms with Crippen LogP contribution in [0, 0.1) is 11.6 Å². The molecule has 0 aliphatic rings. The predicted molar refractivity (Wildman–Crippen MR) is 90.3 cm³/mol. The van der Waals surface area contributed by atoms with E-state index in [1.807, 2.05) is 25.4 Å². The number of hydrogen-bond donors (Lipinski definition) is 0. The van der Waals surface area contributed by atoms with Crippen molar-refractivity contribution in [1.29, 1.82) is 0 Å². The number of benzene rings is 2. The smallest absolute Gasteiger partial charge is 0.123 e. The molecule has 0 saturated carbocycles. The molecule has 0 fully saturated rings. The molecule has 0 amide bonds. The van der Waals surface area contributed by atoms with Gasteiger partial charge in [0.25, 0.3) is 0 Å². The Kier molecular flexibility index (Phi) is 4.96. The van der Waals surface area contributed by atoms with Gasteiger partial charge in [0, 0.05) is 18.9 Å². The molecule has 0 N–H and O–H groups in total. The highest BCUT2D eigenvalue weighted by Crippen LogP contribution is 2.28. The first-order chi connectivity index (χ1) is 11.6. The van der Waals surface area contributed by atoms with Crippen molar-refractivity contribution in [3.63, 3.8) is 0 Å². The molecular formula is C20H18F2N2. The number of rotatable bonds is 5. The minimum absolute atomic E-state index is 0.0654. The summed E-state index contributed by atoms with van der Waals surface area (Å²) in [5.41, 5.74) is 3.01. The minimum atomic E-state index is -0.259. The van der Waals surface area contributed by atoms with Crippen LogP contribution in [0.3, 0.4) is 0 Å². The monoisotopic (exact) mass is 324 g/mol. The van der Waals surface area contributed by atoms with Gasteiger partial charge in [0.1, 0.15) is 11.6 Å². The van der Waals surface area contributed by atoms with Crippen LogP contribution in [0.5, 0.6) is 0 Å². The molecule has 0 bridgehead atoms. The molecule has 3 rings (SSSR count). The molecule has 1 aromatic heterocycles. The second kappa shape index (κ2) is 7.32. The number of nitrogens with zero attached hydrogens (tertiary/aromatic N) is 2. The third-order valence-corrected chi connectivity index (χ3v) is 3.97. The van der Waals surface area contributed by atoms with Gasteiger partial charge >= 0.3 is 0 Å². The van der Waals surface area contributed by atoms with Crippen LogP contribution in [-0.4, -0.2) is 16.9 Å². The Labute approximate surface area is 140 Å². The summed E-state index contributed by atoms with van der Waals surface area (Å²) in [7, 11) is 1.99. The van der Waals surface area contributed by atoms with Gasteiger partial charge in [-0.05, 0) is 54.1 Å². The highest BCUT2D eigenvalue weighted by molar-refractivity contribution is 5.31. The van der Waals surface area contributed by atoms with Crippen molar-refractivity contribution < 1.29 is 8.78 Å². The fourth-order valence-corrected chi connectivity index (χ4v) is 2.85. The molecule has 0 aliphatic heterocycles. The Balaban J connectivity index is 1.91. The summed E-state index contributed by atoms with van der Waals surface area (Å²) in [6.45, 7) is 0.636. The Morgan fingerprint density at radius 1 is 0.875 bits per heavy atom. The van der Waals surface area contributed by atoms with Crippen LogP contribution in [0.1, 0.15) is 22.7 Å². The molecule has 4 heteroatoms. The van der Waals surface area contributed by atoms with Crippen LogP contribution in [0.25, 0.3) is 0 Å². The van der Waals surface area contributed by atoms with E-state index in [1.165, 1.54) is 24.3 Å². The molecule has 122 valence electrons. The van der Waals surface area contributed by atoms with Crippen molar-refractivity contribution in [2.75, 3.05) is 7.05 Å². The number of pyridine rings is 1. The lowest BCUT2D eigenvalue weighted by atomic mass is 9.98. The molecule has 2 aromatic carbocycles. The summed E-state index contributed by atoms with van der Waals surface area (Å²) in [5.74, 6) is -0.506. The largest absolute Gasteiger partial charge is 0.291 e. The fourth-order valence-electron chi connectivity index (χ4n) is 2.85. The van der Waals surface area contributed by atoms with E-state index in [0.717, 1.165) is 16.7 Å². The van der Waals surface area contributed by atoms with E-state index < -0.39 is 0 Å². The predicted octanol–water partition coefficient (Wildman–Crippen LogP) is 4.58. The lowest BCUT2D eigenvalue weighted by Crippen LogP contribution is -2.25. The maximum Gasteiger partial charge on any atom is 0.123 e. The number of halogens is 2. The Bertz CT molecular complexity index is 771. The van der Waals surface area contributed by atoms with Gasteiger partial charge in [0.2, 0.25) is 0 Å². The van der Waals surface area contributed by atoms with Gasteiger partial charge < -0.3 is 0 Å². The lowest BCUT2D eigenvalue weighted by molar-refractivity contribution is 0.270. The molecule has 2 nitrogen and oxygen atoms in total. The minimum Gasteiger partial charge on any atom is -0.291 e. The zero-order valence-corrected chi connectivity index (χ0v) is 13.4. The average Bonchev–Trinajstić information content (AvgIpc) is 2.60. The van der Waals surface area contributed by atoms with E-state index in [4.69, 9.17) is 0 Å². The highest BCUT2D eigenvalue weighted by atomic mass is 19.1. The summed E-state index contributed by atoms with van der Waals surface area (Å²) in [6, 6.07) is 16.8. The van der Waals surface area contributed by atoms with E-state index >= 15 is 0 Å². The van der Waals surface area contributed by atoms with Gasteiger partial charge in [-0.15, -0.1) is 0 Å². The van der Waals surface area contributed by atoms with E-state index in [2.05, 4.69) is 9.88 Å². The average molecular weight is 324 g/mol. The molecule has 0 spiro atoms. The van der Waals surface area contributed by atoms with Gasteiger partial charge in [0.05, 0.1) is 6.04 Å². The molecule has 0 radical (unpaired) electrons. The van der Waals surface area contributed by atoms with Crippen molar-refractivity contribution in [2.45, 2.75) is 12.6 Å². The topological polar surface area (TPSA) is 16.1 Å². The van der Waals surface area contributed by atoms with E-state index in [9.17, 15) is 8.78 Å². The van der Waals surface area contributed by atoms with Crippen LogP contribution in [0.2, 0.25) is 0 Å². The second-order valence-corrected chi connectivity index (χ2v) is 5.78. The Hall–Kier alpha value is -2.59. The van der Waals surface area contributed by atoms with Crippen LogP contribution in [-0.2, 0) is 6.54 Å². The quantitative estimate of drug-likeness (QED) is 0.683. The van der Waals surface area contributed by atoms with Crippen molar-refractivity contribution in [3.05, 3.63) is 101 Å². The van der Waals surface area contributed by atoms with E-state index in [1.54, 1.807) is 30.5 Å². The zero-order chi connectivity index (χ0) is 16.9. The third kappa shape index (κ3) is 3.84. The summed E-state index contributed by atoms with van der Waals surface area (Å²) in [4.78, 5) is 6.34. The number of aromatic nitrogens is 1. The second-order valence-electron chi connectivity index (χ2n) is 5.78. The summed E-state index contributed by atoms with van der Waals surface area (Å²) < 4.78 is 26.4. The normalized spacial score (nSPS) is 12.3. The zero-order valence-electron chi connectivity index (χ0n) is 13.4. The first-order valence-electron chi connectivity index (χ1n) is 7.73. The maximum atomic E-state index is 13.3. The Morgan fingerprint density at radius 3 is 2.08 bits per heavy atom. The van der Waals surface area contributed by atoms with Crippen molar-refractivity contribution in [2.24, 2.45) is 0 Å². The summed E-state index contributed by atoms with van der Waals surface area (Å²) in [5, 5.41) is 0. The van der Waals surface area contributed by atoms with Crippen LogP contribution in [0.15, 0.2) is 73.1 Å². The lowest BCUT2D eigenvalue weighted by Gasteiger charge is -2.29. The molecule has 24 heavy (non-hydrogen) atoms. The van der Waals surface area contributed by atoms with E-state index in [0.29, 0.717) is 6.54 Å². The summed E-state index contributed by atoms with van der Waals surface area (Å²) >= 11 is 0. The van der Waals surface area contributed by atoms with Crippen LogP contribution >= 0.6 is 0 Å². The molecule has 0 saturated heterocycles. The van der Waals surface area contributed by atoms with Gasteiger partial charge in [-0.2, -0.15) is 0 Å². The van der Waals surface area contributed by atoms with Gasteiger partial charge in [-0.1, -0.05) is 30.3 Å². The number of hydrogen-bond acceptors (Lipinski definition) is 2. The van der Waals surface area contributed by atoms with Crippen LogP contribution < -0.4 is 0 Å². The Morgan fingerprint density at radius 2 is 1.50 bits per heavy atom. The van der Waals surface area contributed by atoms with Gasteiger partial charge in [-0.25, -0.2) is 8.78 Å². The first kappa shape index (κ1) is 16.3.